The van der Waals surface area contributed by atoms with E-state index in [0.717, 1.165) is 50.6 Å². The van der Waals surface area contributed by atoms with Gasteiger partial charge in [-0.2, -0.15) is 0 Å². The molecule has 1 N–H and O–H groups in total. The van der Waals surface area contributed by atoms with E-state index < -0.39 is 0 Å². The Kier molecular flexibility index (Phi) is 16.2. The molecular formula is C32H47NO. The largest absolute Gasteiger partial charge is 0.326 e. The molecule has 0 fully saturated rings. The molecule has 0 saturated carbocycles. The van der Waals surface area contributed by atoms with E-state index in [2.05, 4.69) is 119 Å². The summed E-state index contributed by atoms with van der Waals surface area (Å²) >= 11 is 0. The fourth-order valence-corrected chi connectivity index (χ4v) is 3.65. The molecule has 0 spiro atoms. The highest BCUT2D eigenvalue weighted by Crippen LogP contribution is 2.32. The fourth-order valence-electron chi connectivity index (χ4n) is 3.65. The summed E-state index contributed by atoms with van der Waals surface area (Å²) in [6, 6.07) is 6.35. The lowest BCUT2D eigenvalue weighted by molar-refractivity contribution is -0.116. The highest BCUT2D eigenvalue weighted by Gasteiger charge is 2.15. The average molecular weight is 462 g/mol. The van der Waals surface area contributed by atoms with Crippen LogP contribution in [0.2, 0.25) is 0 Å². The van der Waals surface area contributed by atoms with E-state index in [9.17, 15) is 4.79 Å². The van der Waals surface area contributed by atoms with E-state index in [1.807, 2.05) is 0 Å². The molecule has 0 saturated heterocycles. The molecule has 1 amide bonds. The Morgan fingerprint density at radius 2 is 1.18 bits per heavy atom. The molecule has 0 unspecified atom stereocenters. The van der Waals surface area contributed by atoms with Gasteiger partial charge in [-0.3, -0.25) is 4.79 Å². The molecule has 186 valence electrons. The van der Waals surface area contributed by atoms with Crippen molar-refractivity contribution in [2.24, 2.45) is 0 Å². The zero-order valence-electron chi connectivity index (χ0n) is 22.2. The summed E-state index contributed by atoms with van der Waals surface area (Å²) in [5.41, 5.74) is 3.46. The number of allylic oxidation sites excluding steroid dienone is 10. The van der Waals surface area contributed by atoms with Gasteiger partial charge < -0.3 is 5.32 Å². The van der Waals surface area contributed by atoms with Crippen LogP contribution in [0.3, 0.4) is 0 Å². The van der Waals surface area contributed by atoms with Gasteiger partial charge in [0, 0.05) is 12.1 Å². The summed E-state index contributed by atoms with van der Waals surface area (Å²) in [6.45, 7) is 10.9. The average Bonchev–Trinajstić information content (AvgIpc) is 2.80. The molecule has 0 aliphatic carbocycles. The van der Waals surface area contributed by atoms with Gasteiger partial charge in [-0.25, -0.2) is 0 Å². The third-order valence-corrected chi connectivity index (χ3v) is 5.57. The minimum Gasteiger partial charge on any atom is -0.326 e. The van der Waals surface area contributed by atoms with Gasteiger partial charge in [0.1, 0.15) is 0 Å². The summed E-state index contributed by atoms with van der Waals surface area (Å²) in [5.74, 6) is 0.882. The van der Waals surface area contributed by atoms with Crippen LogP contribution in [-0.2, 0) is 4.79 Å². The van der Waals surface area contributed by atoms with Crippen LogP contribution in [0.15, 0.2) is 79.0 Å². The second kappa shape index (κ2) is 18.8. The first-order valence-electron chi connectivity index (χ1n) is 13.1. The predicted molar refractivity (Wildman–Crippen MR) is 152 cm³/mol. The first kappa shape index (κ1) is 29.4. The molecule has 0 heterocycles. The second-order valence-corrected chi connectivity index (χ2v) is 9.27. The third kappa shape index (κ3) is 13.2. The highest BCUT2D eigenvalue weighted by molar-refractivity contribution is 5.92. The van der Waals surface area contributed by atoms with Gasteiger partial charge >= 0.3 is 0 Å². The zero-order chi connectivity index (χ0) is 25.0. The minimum absolute atomic E-state index is 0.113. The van der Waals surface area contributed by atoms with Crippen LogP contribution < -0.4 is 5.32 Å². The van der Waals surface area contributed by atoms with Gasteiger partial charge in [0.05, 0.1) is 0 Å². The Morgan fingerprint density at radius 1 is 0.735 bits per heavy atom. The van der Waals surface area contributed by atoms with Gasteiger partial charge in [-0.15, -0.1) is 0 Å². The van der Waals surface area contributed by atoms with E-state index in [4.69, 9.17) is 0 Å². The monoisotopic (exact) mass is 461 g/mol. The van der Waals surface area contributed by atoms with Gasteiger partial charge in [-0.05, 0) is 67.9 Å². The van der Waals surface area contributed by atoms with Crippen LogP contribution >= 0.6 is 0 Å². The second-order valence-electron chi connectivity index (χ2n) is 9.27. The van der Waals surface area contributed by atoms with E-state index >= 15 is 0 Å². The van der Waals surface area contributed by atoms with Gasteiger partial charge in [0.15, 0.2) is 0 Å². The summed E-state index contributed by atoms with van der Waals surface area (Å²) < 4.78 is 0. The summed E-state index contributed by atoms with van der Waals surface area (Å²) in [7, 11) is 0. The maximum atomic E-state index is 12.6. The molecular weight excluding hydrogens is 414 g/mol. The van der Waals surface area contributed by atoms with Crippen molar-refractivity contribution >= 4 is 11.6 Å². The van der Waals surface area contributed by atoms with Crippen LogP contribution in [0, 0.1) is 0 Å². The minimum atomic E-state index is 0.113. The first-order chi connectivity index (χ1) is 16.5. The number of amides is 1. The van der Waals surface area contributed by atoms with Gasteiger partial charge in [0.2, 0.25) is 5.91 Å². The summed E-state index contributed by atoms with van der Waals surface area (Å²) in [5, 5.41) is 3.21. The molecule has 2 heteroatoms. The molecule has 34 heavy (non-hydrogen) atoms. The smallest absolute Gasteiger partial charge is 0.224 e. The fraction of sp³-hybridized carbons (Fsp3) is 0.469. The Morgan fingerprint density at radius 3 is 1.62 bits per heavy atom. The Bertz CT molecular complexity index is 810. The number of unbranched alkanes of at least 4 members (excludes halogenated alkanes) is 1. The van der Waals surface area contributed by atoms with Crippen molar-refractivity contribution in [2.75, 3.05) is 5.32 Å². The van der Waals surface area contributed by atoms with Crippen molar-refractivity contribution in [3.05, 3.63) is 90.1 Å². The van der Waals surface area contributed by atoms with Crippen LogP contribution in [-0.4, -0.2) is 5.91 Å². The number of para-hydroxylation sites is 1. The normalized spacial score (nSPS) is 12.7. The van der Waals surface area contributed by atoms with Gasteiger partial charge in [-0.1, -0.05) is 114 Å². The molecule has 0 aromatic heterocycles. The number of hydrogen-bond acceptors (Lipinski definition) is 1. The maximum absolute atomic E-state index is 12.6. The number of nitrogens with one attached hydrogen (secondary N) is 1. The van der Waals surface area contributed by atoms with Crippen LogP contribution in [0.1, 0.15) is 109 Å². The number of hydrogen-bond donors (Lipinski definition) is 1. The molecule has 0 aliphatic heterocycles. The Hall–Kier alpha value is -2.61. The number of rotatable bonds is 16. The van der Waals surface area contributed by atoms with Crippen molar-refractivity contribution in [1.82, 2.24) is 0 Å². The Labute approximate surface area is 209 Å². The Balaban J connectivity index is 2.25. The SMILES string of the molecule is CC/C=C\C/C=C\C/C=C\C/C=C\C/C=C\CCCC(=O)Nc1c(C(C)C)cccc1C(C)C. The molecule has 0 radical (unpaired) electrons. The van der Waals surface area contributed by atoms with Crippen molar-refractivity contribution in [1.29, 1.82) is 0 Å². The van der Waals surface area contributed by atoms with Crippen LogP contribution in [0.25, 0.3) is 0 Å². The molecule has 0 aliphatic rings. The van der Waals surface area contributed by atoms with Crippen LogP contribution in [0.5, 0.6) is 0 Å². The van der Waals surface area contributed by atoms with Crippen molar-refractivity contribution < 1.29 is 4.79 Å². The molecule has 2 nitrogen and oxygen atoms in total. The number of carbonyl (C=O) groups is 1. The lowest BCUT2D eigenvalue weighted by atomic mass is 9.92. The maximum Gasteiger partial charge on any atom is 0.224 e. The number of carbonyl (C=O) groups excluding carboxylic acids is 1. The van der Waals surface area contributed by atoms with E-state index in [0.29, 0.717) is 18.3 Å². The molecule has 0 bridgehead atoms. The first-order valence-corrected chi connectivity index (χ1v) is 13.1. The van der Waals surface area contributed by atoms with Crippen LogP contribution in [0.4, 0.5) is 5.69 Å². The molecule has 1 aromatic rings. The van der Waals surface area contributed by atoms with Crippen molar-refractivity contribution in [3.63, 3.8) is 0 Å². The molecule has 1 rings (SSSR count). The molecule has 0 atom stereocenters. The topological polar surface area (TPSA) is 29.1 Å². The predicted octanol–water partition coefficient (Wildman–Crippen LogP) is 9.79. The van der Waals surface area contributed by atoms with Gasteiger partial charge in [0.25, 0.3) is 0 Å². The van der Waals surface area contributed by atoms with E-state index in [1.165, 1.54) is 11.1 Å². The molecule has 1 aromatic carbocycles. The summed E-state index contributed by atoms with van der Waals surface area (Å²) in [4.78, 5) is 12.6. The number of anilines is 1. The quantitative estimate of drug-likeness (QED) is 0.193. The van der Waals surface area contributed by atoms with E-state index in [1.54, 1.807) is 0 Å². The lowest BCUT2D eigenvalue weighted by Crippen LogP contribution is -2.15. The van der Waals surface area contributed by atoms with Crippen molar-refractivity contribution in [2.45, 2.75) is 97.8 Å². The highest BCUT2D eigenvalue weighted by atomic mass is 16.1. The number of benzene rings is 1. The zero-order valence-corrected chi connectivity index (χ0v) is 22.2. The standard InChI is InChI=1S/C32H47NO/c1-6-7-8-9-10-11-12-13-14-15-16-17-18-19-20-21-22-26-31(34)33-32-29(27(2)3)24-23-25-30(32)28(4)5/h7-8,10-11,13-14,16-17,19-20,23-25,27-28H,6,9,12,15,18,21-22,26H2,1-5H3,(H,33,34)/b8-7-,11-10-,14-13-,17-16-,20-19-. The lowest BCUT2D eigenvalue weighted by Gasteiger charge is -2.20. The summed E-state index contributed by atoms with van der Waals surface area (Å²) in [6.07, 6.45) is 29.5. The van der Waals surface area contributed by atoms with Crippen molar-refractivity contribution in [3.8, 4) is 0 Å². The third-order valence-electron chi connectivity index (χ3n) is 5.57. The van der Waals surface area contributed by atoms with E-state index in [-0.39, 0.29) is 5.91 Å².